The van der Waals surface area contributed by atoms with Gasteiger partial charge in [0.1, 0.15) is 0 Å². The predicted molar refractivity (Wildman–Crippen MR) is 48.7 cm³/mol. The van der Waals surface area contributed by atoms with Crippen LogP contribution in [0.5, 0.6) is 0 Å². The zero-order valence-corrected chi connectivity index (χ0v) is 7.79. The van der Waals surface area contributed by atoms with E-state index in [1.54, 1.807) is 0 Å². The van der Waals surface area contributed by atoms with Gasteiger partial charge in [-0.2, -0.15) is 0 Å². The molecule has 2 saturated carbocycles. The van der Waals surface area contributed by atoms with Crippen LogP contribution in [0.3, 0.4) is 0 Å². The lowest BCUT2D eigenvalue weighted by molar-refractivity contribution is -0.0719. The Bertz CT molecular complexity index is 179. The second kappa shape index (κ2) is 2.71. The summed E-state index contributed by atoms with van der Waals surface area (Å²) in [6, 6.07) is 0.338. The van der Waals surface area contributed by atoms with E-state index >= 15 is 0 Å². The van der Waals surface area contributed by atoms with Gasteiger partial charge in [0.2, 0.25) is 0 Å². The molecule has 0 saturated heterocycles. The summed E-state index contributed by atoms with van der Waals surface area (Å²) >= 11 is 0. The van der Waals surface area contributed by atoms with Gasteiger partial charge in [-0.1, -0.05) is 13.3 Å². The third kappa shape index (κ3) is 1.27. The molecule has 3 N–H and O–H groups in total. The Balaban J connectivity index is 2.14. The molecule has 0 aromatic heterocycles. The van der Waals surface area contributed by atoms with E-state index in [0.29, 0.717) is 17.9 Å². The molecular weight excluding hydrogens is 150 g/mol. The maximum atomic E-state index is 10.1. The highest BCUT2D eigenvalue weighted by molar-refractivity contribution is 4.98. The van der Waals surface area contributed by atoms with Gasteiger partial charge in [0.15, 0.2) is 0 Å². The molecule has 0 radical (unpaired) electrons. The number of fused-ring (bicyclic) bond motifs is 2. The quantitative estimate of drug-likeness (QED) is 0.573. The van der Waals surface area contributed by atoms with Gasteiger partial charge in [-0.15, -0.1) is 0 Å². The first kappa shape index (κ1) is 8.52. The van der Waals surface area contributed by atoms with E-state index in [2.05, 4.69) is 6.92 Å². The van der Waals surface area contributed by atoms with Gasteiger partial charge in [0.05, 0.1) is 5.60 Å². The molecule has 2 rings (SSSR count). The van der Waals surface area contributed by atoms with Crippen LogP contribution < -0.4 is 5.73 Å². The number of nitrogens with two attached hydrogens (primary N) is 1. The summed E-state index contributed by atoms with van der Waals surface area (Å²) in [5.41, 5.74) is 5.73. The van der Waals surface area contributed by atoms with E-state index in [4.69, 9.17) is 5.73 Å². The second-order valence-electron chi connectivity index (χ2n) is 4.84. The maximum absolute atomic E-state index is 10.1. The minimum absolute atomic E-state index is 0.338. The third-order valence-corrected chi connectivity index (χ3v) is 3.76. The standard InChI is InChI=1S/C10H19NO/c1-7-5-10(12)4-2-3-8(6-10)9(7)11/h7-9,12H,2-6,11H2,1H3/t7-,8+,9+,10-/m0/s1. The highest BCUT2D eigenvalue weighted by Crippen LogP contribution is 2.44. The molecular formula is C10H19NO. The summed E-state index contributed by atoms with van der Waals surface area (Å²) in [5.74, 6) is 1.10. The number of rotatable bonds is 0. The molecule has 2 fully saturated rings. The zero-order chi connectivity index (χ0) is 8.77. The molecule has 0 heterocycles. The number of aliphatic hydroxyl groups is 1. The zero-order valence-electron chi connectivity index (χ0n) is 7.79. The van der Waals surface area contributed by atoms with Gasteiger partial charge < -0.3 is 10.8 Å². The van der Waals surface area contributed by atoms with Crippen molar-refractivity contribution in [2.24, 2.45) is 17.6 Å². The molecule has 2 heteroatoms. The Morgan fingerprint density at radius 3 is 2.92 bits per heavy atom. The van der Waals surface area contributed by atoms with Crippen LogP contribution in [0.1, 0.15) is 39.0 Å². The molecule has 70 valence electrons. The first-order valence-corrected chi connectivity index (χ1v) is 5.09. The smallest absolute Gasteiger partial charge is 0.0654 e. The molecule has 0 spiro atoms. The summed E-state index contributed by atoms with van der Waals surface area (Å²) in [6.45, 7) is 2.17. The van der Waals surface area contributed by atoms with E-state index in [0.717, 1.165) is 19.3 Å². The monoisotopic (exact) mass is 169 g/mol. The van der Waals surface area contributed by atoms with Crippen molar-refractivity contribution < 1.29 is 5.11 Å². The van der Waals surface area contributed by atoms with Crippen molar-refractivity contribution in [2.75, 3.05) is 0 Å². The molecule has 0 amide bonds. The fourth-order valence-corrected chi connectivity index (χ4v) is 3.10. The Kier molecular flexibility index (Phi) is 1.92. The maximum Gasteiger partial charge on any atom is 0.0654 e. The Morgan fingerprint density at radius 1 is 1.42 bits per heavy atom. The summed E-state index contributed by atoms with van der Waals surface area (Å²) in [7, 11) is 0. The third-order valence-electron chi connectivity index (χ3n) is 3.76. The normalized spacial score (nSPS) is 53.8. The molecule has 2 nitrogen and oxygen atoms in total. The lowest BCUT2D eigenvalue weighted by Gasteiger charge is -2.47. The number of hydrogen-bond donors (Lipinski definition) is 2. The van der Waals surface area contributed by atoms with Gasteiger partial charge in [-0.3, -0.25) is 0 Å². The van der Waals surface area contributed by atoms with Crippen LogP contribution in [0.4, 0.5) is 0 Å². The highest BCUT2D eigenvalue weighted by atomic mass is 16.3. The molecule has 2 bridgehead atoms. The van der Waals surface area contributed by atoms with Crippen LogP contribution in [0.15, 0.2) is 0 Å². The van der Waals surface area contributed by atoms with E-state index in [1.165, 1.54) is 12.8 Å². The van der Waals surface area contributed by atoms with Gasteiger partial charge >= 0.3 is 0 Å². The molecule has 0 aromatic carbocycles. The van der Waals surface area contributed by atoms with E-state index in [-0.39, 0.29) is 5.60 Å². The van der Waals surface area contributed by atoms with Crippen LogP contribution >= 0.6 is 0 Å². The average Bonchev–Trinajstić information content (AvgIpc) is 2.00. The lowest BCUT2D eigenvalue weighted by atomic mass is 9.63. The Morgan fingerprint density at radius 2 is 2.17 bits per heavy atom. The van der Waals surface area contributed by atoms with E-state index in [9.17, 15) is 5.11 Å². The topological polar surface area (TPSA) is 46.2 Å². The first-order chi connectivity index (χ1) is 5.61. The molecule has 2 aliphatic rings. The second-order valence-corrected chi connectivity index (χ2v) is 4.84. The summed E-state index contributed by atoms with van der Waals surface area (Å²) < 4.78 is 0. The van der Waals surface area contributed by atoms with Crippen molar-refractivity contribution in [1.29, 1.82) is 0 Å². The predicted octanol–water partition coefficient (Wildman–Crippen LogP) is 1.27. The summed E-state index contributed by atoms with van der Waals surface area (Å²) in [4.78, 5) is 0. The van der Waals surface area contributed by atoms with Gasteiger partial charge in [-0.25, -0.2) is 0 Å². The van der Waals surface area contributed by atoms with Gasteiger partial charge in [0.25, 0.3) is 0 Å². The summed E-state index contributed by atoms with van der Waals surface area (Å²) in [5, 5.41) is 10.1. The Hall–Kier alpha value is -0.0800. The number of hydrogen-bond acceptors (Lipinski definition) is 2. The van der Waals surface area contributed by atoms with E-state index in [1.807, 2.05) is 0 Å². The van der Waals surface area contributed by atoms with Crippen LogP contribution in [0.25, 0.3) is 0 Å². The van der Waals surface area contributed by atoms with Crippen molar-refractivity contribution >= 4 is 0 Å². The van der Waals surface area contributed by atoms with Crippen molar-refractivity contribution in [3.63, 3.8) is 0 Å². The fraction of sp³-hybridized carbons (Fsp3) is 1.00. The van der Waals surface area contributed by atoms with Gasteiger partial charge in [0, 0.05) is 6.04 Å². The first-order valence-electron chi connectivity index (χ1n) is 5.09. The van der Waals surface area contributed by atoms with Crippen LogP contribution in [0, 0.1) is 11.8 Å². The molecule has 2 aliphatic carbocycles. The van der Waals surface area contributed by atoms with Crippen LogP contribution in [0.2, 0.25) is 0 Å². The van der Waals surface area contributed by atoms with Crippen LogP contribution in [-0.2, 0) is 0 Å². The summed E-state index contributed by atoms with van der Waals surface area (Å²) in [6.07, 6.45) is 5.28. The van der Waals surface area contributed by atoms with Crippen molar-refractivity contribution in [3.8, 4) is 0 Å². The highest BCUT2D eigenvalue weighted by Gasteiger charge is 2.44. The molecule has 12 heavy (non-hydrogen) atoms. The molecule has 0 aliphatic heterocycles. The van der Waals surface area contributed by atoms with E-state index < -0.39 is 0 Å². The molecule has 4 atom stereocenters. The average molecular weight is 169 g/mol. The minimum Gasteiger partial charge on any atom is -0.390 e. The molecule has 0 unspecified atom stereocenters. The fourth-order valence-electron chi connectivity index (χ4n) is 3.10. The van der Waals surface area contributed by atoms with Gasteiger partial charge in [-0.05, 0) is 37.5 Å². The van der Waals surface area contributed by atoms with Crippen LogP contribution in [-0.4, -0.2) is 16.7 Å². The van der Waals surface area contributed by atoms with Crippen molar-refractivity contribution in [2.45, 2.75) is 50.7 Å². The lowest BCUT2D eigenvalue weighted by Crippen LogP contribution is -2.52. The van der Waals surface area contributed by atoms with Crippen molar-refractivity contribution in [3.05, 3.63) is 0 Å². The largest absolute Gasteiger partial charge is 0.390 e. The minimum atomic E-state index is -0.349. The SMILES string of the molecule is C[C@H]1C[C@@]2(O)CCC[C@H](C2)[C@@H]1N. The van der Waals surface area contributed by atoms with Crippen molar-refractivity contribution in [1.82, 2.24) is 0 Å². The Labute approximate surface area is 74.1 Å². The molecule has 0 aromatic rings.